The number of sulfonamides is 1. The second kappa shape index (κ2) is 5.35. The molecule has 2 aromatic carbocycles. The fourth-order valence-corrected chi connectivity index (χ4v) is 3.99. The summed E-state index contributed by atoms with van der Waals surface area (Å²) in [4.78, 5) is 10.1. The summed E-state index contributed by atoms with van der Waals surface area (Å²) in [5.41, 5.74) is 0.689. The van der Waals surface area contributed by atoms with Crippen molar-refractivity contribution in [2.24, 2.45) is 0 Å². The van der Waals surface area contributed by atoms with Crippen LogP contribution in [-0.2, 0) is 10.0 Å². The Kier molecular flexibility index (Phi) is 3.64. The van der Waals surface area contributed by atoms with Crippen LogP contribution in [0.15, 0.2) is 53.4 Å². The first-order chi connectivity index (χ1) is 10.4. The smallest absolute Gasteiger partial charge is 0.258 e. The number of hydrogen-bond acceptors (Lipinski definition) is 4. The van der Waals surface area contributed by atoms with E-state index in [4.69, 9.17) is 11.6 Å². The van der Waals surface area contributed by atoms with Crippen LogP contribution in [0.25, 0.3) is 0 Å². The first kappa shape index (κ1) is 15.0. The van der Waals surface area contributed by atoms with Crippen molar-refractivity contribution in [2.75, 3.05) is 6.54 Å². The monoisotopic (exact) mass is 338 g/mol. The zero-order valence-corrected chi connectivity index (χ0v) is 12.8. The van der Waals surface area contributed by atoms with E-state index >= 15 is 0 Å². The number of nitro benzene ring substituents is 1. The molecule has 6 nitrogen and oxygen atoms in total. The van der Waals surface area contributed by atoms with Crippen LogP contribution in [-0.4, -0.2) is 24.2 Å². The lowest BCUT2D eigenvalue weighted by molar-refractivity contribution is -0.384. The molecular formula is C14H11ClN2O4S. The maximum atomic E-state index is 12.5. The zero-order valence-electron chi connectivity index (χ0n) is 11.2. The molecule has 3 rings (SSSR count). The molecule has 0 aliphatic carbocycles. The predicted octanol–water partition coefficient (Wildman–Crippen LogP) is 2.99. The lowest BCUT2D eigenvalue weighted by Crippen LogP contribution is -2.12. The third-order valence-corrected chi connectivity index (χ3v) is 5.58. The highest BCUT2D eigenvalue weighted by atomic mass is 35.5. The Morgan fingerprint density at radius 2 is 1.86 bits per heavy atom. The predicted molar refractivity (Wildman–Crippen MR) is 81.2 cm³/mol. The molecule has 0 aromatic heterocycles. The Hall–Kier alpha value is -1.96. The molecule has 0 amide bonds. The van der Waals surface area contributed by atoms with E-state index in [1.165, 1.54) is 28.6 Å². The van der Waals surface area contributed by atoms with Crippen LogP contribution in [0.5, 0.6) is 0 Å². The van der Waals surface area contributed by atoms with Crippen LogP contribution >= 0.6 is 11.6 Å². The van der Waals surface area contributed by atoms with Crippen molar-refractivity contribution < 1.29 is 13.3 Å². The number of nitro groups is 1. The van der Waals surface area contributed by atoms with E-state index in [0.717, 1.165) is 5.56 Å². The topological polar surface area (TPSA) is 80.3 Å². The van der Waals surface area contributed by atoms with Crippen molar-refractivity contribution in [3.8, 4) is 0 Å². The van der Waals surface area contributed by atoms with Crippen LogP contribution in [0.4, 0.5) is 5.69 Å². The van der Waals surface area contributed by atoms with Crippen molar-refractivity contribution in [3.05, 3.63) is 69.2 Å². The largest absolute Gasteiger partial charge is 0.269 e. The van der Waals surface area contributed by atoms with Gasteiger partial charge in [0.1, 0.15) is 0 Å². The van der Waals surface area contributed by atoms with Crippen molar-refractivity contribution in [3.63, 3.8) is 0 Å². The van der Waals surface area contributed by atoms with Gasteiger partial charge >= 0.3 is 0 Å². The molecule has 0 N–H and O–H groups in total. The van der Waals surface area contributed by atoms with Gasteiger partial charge in [-0.1, -0.05) is 23.7 Å². The minimum absolute atomic E-state index is 0.0441. The first-order valence-electron chi connectivity index (χ1n) is 6.41. The highest BCUT2D eigenvalue weighted by Crippen LogP contribution is 2.40. The lowest BCUT2D eigenvalue weighted by atomic mass is 10.2. The molecule has 1 heterocycles. The highest BCUT2D eigenvalue weighted by molar-refractivity contribution is 7.89. The summed E-state index contributed by atoms with van der Waals surface area (Å²) in [6, 6.07) is 11.7. The molecule has 2 aromatic rings. The van der Waals surface area contributed by atoms with Crippen LogP contribution in [0.1, 0.15) is 11.6 Å². The number of nitrogens with zero attached hydrogens (tertiary/aromatic N) is 2. The van der Waals surface area contributed by atoms with Gasteiger partial charge in [0.15, 0.2) is 0 Å². The van der Waals surface area contributed by atoms with E-state index in [1.54, 1.807) is 18.2 Å². The Morgan fingerprint density at radius 3 is 2.45 bits per heavy atom. The average Bonchev–Trinajstić information content (AvgIpc) is 3.28. The molecule has 0 saturated carbocycles. The Bertz CT molecular complexity index is 836. The minimum Gasteiger partial charge on any atom is -0.258 e. The Morgan fingerprint density at radius 1 is 1.18 bits per heavy atom. The fraction of sp³-hybridized carbons (Fsp3) is 0.143. The first-order valence-corrected chi connectivity index (χ1v) is 8.23. The minimum atomic E-state index is -3.65. The summed E-state index contributed by atoms with van der Waals surface area (Å²) in [5, 5.41) is 11.2. The third-order valence-electron chi connectivity index (χ3n) is 3.45. The normalized spacial score (nSPS) is 20.6. The molecule has 1 saturated heterocycles. The van der Waals surface area contributed by atoms with Gasteiger partial charge in [-0.25, -0.2) is 8.42 Å². The number of halogens is 1. The van der Waals surface area contributed by atoms with E-state index in [1.807, 2.05) is 6.07 Å². The van der Waals surface area contributed by atoms with Crippen molar-refractivity contribution in [1.29, 1.82) is 0 Å². The van der Waals surface area contributed by atoms with Gasteiger partial charge in [0, 0.05) is 23.7 Å². The van der Waals surface area contributed by atoms with Crippen molar-refractivity contribution in [1.82, 2.24) is 4.31 Å². The van der Waals surface area contributed by atoms with Crippen LogP contribution in [0.2, 0.25) is 5.02 Å². The van der Waals surface area contributed by atoms with E-state index in [2.05, 4.69) is 0 Å². The number of benzene rings is 2. The SMILES string of the molecule is O=[N+]([O-])c1ccc(S(=O)(=O)N2CC2c2cccc(Cl)c2)cc1. The molecule has 1 aliphatic heterocycles. The molecule has 2 atom stereocenters. The van der Waals surface area contributed by atoms with Crippen LogP contribution in [0.3, 0.4) is 0 Å². The second-order valence-corrected chi connectivity index (χ2v) is 7.22. The van der Waals surface area contributed by atoms with Crippen molar-refractivity contribution >= 4 is 27.3 Å². The fourth-order valence-electron chi connectivity index (χ4n) is 2.25. The molecular weight excluding hydrogens is 328 g/mol. The quantitative estimate of drug-likeness (QED) is 0.487. The van der Waals surface area contributed by atoms with E-state index in [0.29, 0.717) is 11.6 Å². The molecule has 2 unspecified atom stereocenters. The van der Waals surface area contributed by atoms with Gasteiger partial charge in [0.2, 0.25) is 10.0 Å². The van der Waals surface area contributed by atoms with E-state index in [-0.39, 0.29) is 16.6 Å². The number of non-ortho nitro benzene ring substituents is 1. The maximum absolute atomic E-state index is 12.5. The molecule has 8 heteroatoms. The third kappa shape index (κ3) is 2.70. The Labute approximate surface area is 132 Å². The van der Waals surface area contributed by atoms with E-state index in [9.17, 15) is 18.5 Å². The molecule has 1 fully saturated rings. The summed E-state index contributed by atoms with van der Waals surface area (Å²) in [7, 11) is -3.65. The van der Waals surface area contributed by atoms with Gasteiger partial charge in [-0.2, -0.15) is 4.31 Å². The summed E-state index contributed by atoms with van der Waals surface area (Å²) < 4.78 is 26.3. The maximum Gasteiger partial charge on any atom is 0.269 e. The van der Waals surface area contributed by atoms with Gasteiger partial charge in [-0.15, -0.1) is 0 Å². The summed E-state index contributed by atoms with van der Waals surface area (Å²) >= 11 is 5.91. The van der Waals surface area contributed by atoms with Crippen molar-refractivity contribution in [2.45, 2.75) is 10.9 Å². The standard InChI is InChI=1S/C14H11ClN2O4S/c15-11-3-1-2-10(8-11)14-9-16(14)22(20,21)13-6-4-12(5-7-13)17(18)19/h1-8,14H,9H2. The van der Waals surface area contributed by atoms with Gasteiger partial charge in [-0.3, -0.25) is 10.1 Å². The van der Waals surface area contributed by atoms with Gasteiger partial charge in [-0.05, 0) is 29.8 Å². The van der Waals surface area contributed by atoms with Crippen LogP contribution < -0.4 is 0 Å². The second-order valence-electron chi connectivity index (χ2n) is 4.90. The van der Waals surface area contributed by atoms with Gasteiger partial charge < -0.3 is 0 Å². The molecule has 114 valence electrons. The molecule has 22 heavy (non-hydrogen) atoms. The Balaban J connectivity index is 1.84. The lowest BCUT2D eigenvalue weighted by Gasteiger charge is -2.06. The zero-order chi connectivity index (χ0) is 15.9. The molecule has 0 spiro atoms. The van der Waals surface area contributed by atoms with E-state index < -0.39 is 14.9 Å². The number of hydrogen-bond donors (Lipinski definition) is 0. The van der Waals surface area contributed by atoms with Gasteiger partial charge in [0.25, 0.3) is 5.69 Å². The average molecular weight is 339 g/mol. The molecule has 0 bridgehead atoms. The highest BCUT2D eigenvalue weighted by Gasteiger charge is 2.45. The summed E-state index contributed by atoms with van der Waals surface area (Å²) in [6.07, 6.45) is 0. The number of rotatable bonds is 4. The summed E-state index contributed by atoms with van der Waals surface area (Å²) in [5.74, 6) is 0. The van der Waals surface area contributed by atoms with Crippen LogP contribution in [0, 0.1) is 10.1 Å². The molecule has 1 aliphatic rings. The van der Waals surface area contributed by atoms with Gasteiger partial charge in [0.05, 0.1) is 15.9 Å². The molecule has 0 radical (unpaired) electrons. The summed E-state index contributed by atoms with van der Waals surface area (Å²) in [6.45, 7) is 0.375.